The first kappa shape index (κ1) is 20.2. The average Bonchev–Trinajstić information content (AvgIpc) is 3.10. The van der Waals surface area contributed by atoms with Gasteiger partial charge in [-0.15, -0.1) is 11.3 Å². The summed E-state index contributed by atoms with van der Waals surface area (Å²) in [6, 6.07) is 11.4. The third-order valence-electron chi connectivity index (χ3n) is 3.94. The van der Waals surface area contributed by atoms with E-state index in [1.54, 1.807) is 18.3 Å². The van der Waals surface area contributed by atoms with E-state index in [0.29, 0.717) is 18.0 Å². The molecule has 3 aromatic rings. The molecule has 6 nitrogen and oxygen atoms in total. The Bertz CT molecular complexity index is 1030. The summed E-state index contributed by atoms with van der Waals surface area (Å²) < 4.78 is 13.3. The fraction of sp³-hybridized carbons (Fsp3) is 0.200. The van der Waals surface area contributed by atoms with Crippen LogP contribution in [0.5, 0.6) is 17.2 Å². The van der Waals surface area contributed by atoms with Crippen molar-refractivity contribution >= 4 is 33.5 Å². The van der Waals surface area contributed by atoms with Crippen molar-refractivity contribution in [3.63, 3.8) is 0 Å². The number of rotatable bonds is 6. The molecule has 0 spiro atoms. The van der Waals surface area contributed by atoms with Gasteiger partial charge in [0.05, 0.1) is 26.1 Å². The molecule has 146 valence electrons. The zero-order chi connectivity index (χ0) is 20.1. The zero-order valence-electron chi connectivity index (χ0n) is 15.7. The predicted octanol–water partition coefficient (Wildman–Crippen LogP) is 4.50. The Morgan fingerprint density at radius 3 is 2.36 bits per heavy atom. The number of aromatic hydroxyl groups is 1. The molecule has 1 aromatic heterocycles. The Kier molecular flexibility index (Phi) is 6.53. The van der Waals surface area contributed by atoms with Gasteiger partial charge in [-0.1, -0.05) is 28.1 Å². The third-order valence-corrected chi connectivity index (χ3v) is 5.33. The number of nitrogens with zero attached hydrogens (tertiary/aromatic N) is 3. The summed E-state index contributed by atoms with van der Waals surface area (Å²) in [6.45, 7) is 2.65. The molecular formula is C20H20BrN3O3S. The molecule has 0 saturated heterocycles. The van der Waals surface area contributed by atoms with Gasteiger partial charge in [-0.2, -0.15) is 5.10 Å². The molecule has 0 aliphatic carbocycles. The standard InChI is InChI=1S/C20H20BrN3O3S/c1-4-22-20-24(16(12-28-20)14-5-7-15(21)8-6-14)23-11-13-9-17(26-2)19(25)18(10-13)27-3/h5-12,25H,4H2,1-3H3. The van der Waals surface area contributed by atoms with Gasteiger partial charge in [-0.05, 0) is 31.2 Å². The van der Waals surface area contributed by atoms with Crippen molar-refractivity contribution in [3.05, 3.63) is 56.6 Å². The molecule has 3 rings (SSSR count). The van der Waals surface area contributed by atoms with Crippen molar-refractivity contribution in [1.82, 2.24) is 4.68 Å². The van der Waals surface area contributed by atoms with Crippen LogP contribution >= 0.6 is 27.3 Å². The maximum absolute atomic E-state index is 10.1. The minimum atomic E-state index is -0.0393. The number of ether oxygens (including phenoxy) is 2. The lowest BCUT2D eigenvalue weighted by Gasteiger charge is -2.09. The molecule has 1 heterocycles. The monoisotopic (exact) mass is 461 g/mol. The van der Waals surface area contributed by atoms with Crippen LogP contribution < -0.4 is 14.3 Å². The van der Waals surface area contributed by atoms with E-state index in [2.05, 4.69) is 26.0 Å². The average molecular weight is 462 g/mol. The Morgan fingerprint density at radius 2 is 1.79 bits per heavy atom. The van der Waals surface area contributed by atoms with Gasteiger partial charge in [0.2, 0.25) is 10.6 Å². The van der Waals surface area contributed by atoms with E-state index < -0.39 is 0 Å². The maximum Gasteiger partial charge on any atom is 0.206 e. The summed E-state index contributed by atoms with van der Waals surface area (Å²) in [7, 11) is 2.99. The number of phenols is 1. The van der Waals surface area contributed by atoms with Crippen LogP contribution in [0.1, 0.15) is 12.5 Å². The SMILES string of the molecule is CCN=c1scc(-c2ccc(Br)cc2)n1N=Cc1cc(OC)c(O)c(OC)c1. The smallest absolute Gasteiger partial charge is 0.206 e. The summed E-state index contributed by atoms with van der Waals surface area (Å²) in [5, 5.41) is 16.8. The van der Waals surface area contributed by atoms with E-state index in [0.717, 1.165) is 26.1 Å². The van der Waals surface area contributed by atoms with Crippen LogP contribution in [-0.4, -0.2) is 36.8 Å². The number of thiazole rings is 1. The predicted molar refractivity (Wildman–Crippen MR) is 116 cm³/mol. The quantitative estimate of drug-likeness (QED) is 0.549. The molecule has 0 radical (unpaired) electrons. The lowest BCUT2D eigenvalue weighted by Crippen LogP contribution is -2.12. The fourth-order valence-electron chi connectivity index (χ4n) is 2.59. The van der Waals surface area contributed by atoms with Crippen molar-refractivity contribution in [2.75, 3.05) is 20.8 Å². The summed E-state index contributed by atoms with van der Waals surface area (Å²) in [6.07, 6.45) is 1.69. The van der Waals surface area contributed by atoms with Gasteiger partial charge >= 0.3 is 0 Å². The van der Waals surface area contributed by atoms with Crippen LogP contribution in [-0.2, 0) is 0 Å². The Hall–Kier alpha value is -2.58. The first-order valence-corrected chi connectivity index (χ1v) is 10.2. The third kappa shape index (κ3) is 4.28. The molecule has 0 saturated carbocycles. The Morgan fingerprint density at radius 1 is 1.14 bits per heavy atom. The highest BCUT2D eigenvalue weighted by molar-refractivity contribution is 9.10. The second kappa shape index (κ2) is 9.07. The number of halogens is 1. The maximum atomic E-state index is 10.1. The van der Waals surface area contributed by atoms with E-state index in [1.807, 2.05) is 41.2 Å². The fourth-order valence-corrected chi connectivity index (χ4v) is 3.75. The normalized spacial score (nSPS) is 11.9. The molecular weight excluding hydrogens is 442 g/mol. The molecule has 1 N–H and O–H groups in total. The first-order chi connectivity index (χ1) is 13.6. The van der Waals surface area contributed by atoms with Crippen molar-refractivity contribution in [2.45, 2.75) is 6.92 Å². The van der Waals surface area contributed by atoms with Crippen LogP contribution in [0.15, 0.2) is 56.3 Å². The molecule has 0 fully saturated rings. The van der Waals surface area contributed by atoms with Crippen LogP contribution in [0.25, 0.3) is 11.3 Å². The van der Waals surface area contributed by atoms with E-state index in [-0.39, 0.29) is 5.75 Å². The van der Waals surface area contributed by atoms with Crippen LogP contribution in [0.2, 0.25) is 0 Å². The summed E-state index contributed by atoms with van der Waals surface area (Å²) in [5.41, 5.74) is 2.71. The minimum Gasteiger partial charge on any atom is -0.502 e. The Labute approximate surface area is 175 Å². The number of aromatic nitrogens is 1. The summed E-state index contributed by atoms with van der Waals surface area (Å²) in [4.78, 5) is 5.33. The minimum absolute atomic E-state index is 0.0393. The lowest BCUT2D eigenvalue weighted by molar-refractivity contribution is 0.340. The van der Waals surface area contributed by atoms with Crippen molar-refractivity contribution in [2.24, 2.45) is 10.1 Å². The number of phenolic OH excluding ortho intramolecular Hbond substituents is 1. The highest BCUT2D eigenvalue weighted by Crippen LogP contribution is 2.36. The van der Waals surface area contributed by atoms with Gasteiger partial charge in [0.1, 0.15) is 0 Å². The summed E-state index contributed by atoms with van der Waals surface area (Å²) in [5.74, 6) is 0.605. The lowest BCUT2D eigenvalue weighted by atomic mass is 10.2. The molecule has 0 atom stereocenters. The van der Waals surface area contributed by atoms with Crippen molar-refractivity contribution in [1.29, 1.82) is 0 Å². The number of methoxy groups -OCH3 is 2. The van der Waals surface area contributed by atoms with Crippen LogP contribution in [0.3, 0.4) is 0 Å². The highest BCUT2D eigenvalue weighted by Gasteiger charge is 2.11. The molecule has 0 bridgehead atoms. The molecule has 28 heavy (non-hydrogen) atoms. The summed E-state index contributed by atoms with van der Waals surface area (Å²) >= 11 is 5.00. The highest BCUT2D eigenvalue weighted by atomic mass is 79.9. The van der Waals surface area contributed by atoms with Crippen LogP contribution in [0.4, 0.5) is 0 Å². The molecule has 0 aliphatic rings. The van der Waals surface area contributed by atoms with E-state index in [4.69, 9.17) is 9.47 Å². The van der Waals surface area contributed by atoms with Crippen molar-refractivity contribution < 1.29 is 14.6 Å². The Balaban J connectivity index is 2.08. The van der Waals surface area contributed by atoms with Crippen molar-refractivity contribution in [3.8, 4) is 28.5 Å². The van der Waals surface area contributed by atoms with Gasteiger partial charge < -0.3 is 14.6 Å². The van der Waals surface area contributed by atoms with Gasteiger partial charge in [0.25, 0.3) is 0 Å². The first-order valence-electron chi connectivity index (χ1n) is 8.53. The number of benzene rings is 2. The molecule has 2 aromatic carbocycles. The molecule has 0 unspecified atom stereocenters. The molecule has 0 amide bonds. The van der Waals surface area contributed by atoms with E-state index in [9.17, 15) is 5.11 Å². The zero-order valence-corrected chi connectivity index (χ0v) is 18.1. The van der Waals surface area contributed by atoms with Gasteiger partial charge in [0, 0.05) is 27.5 Å². The van der Waals surface area contributed by atoms with Gasteiger partial charge in [-0.3, -0.25) is 4.99 Å². The van der Waals surface area contributed by atoms with Crippen LogP contribution in [0, 0.1) is 0 Å². The van der Waals surface area contributed by atoms with E-state index in [1.165, 1.54) is 25.6 Å². The van der Waals surface area contributed by atoms with E-state index >= 15 is 0 Å². The molecule has 0 aliphatic heterocycles. The largest absolute Gasteiger partial charge is 0.502 e. The topological polar surface area (TPSA) is 68.3 Å². The second-order valence-electron chi connectivity index (χ2n) is 5.72. The number of hydrogen-bond donors (Lipinski definition) is 1. The van der Waals surface area contributed by atoms with Gasteiger partial charge in [-0.25, -0.2) is 4.68 Å². The second-order valence-corrected chi connectivity index (χ2v) is 7.47. The number of hydrogen-bond acceptors (Lipinski definition) is 6. The molecule has 8 heteroatoms. The van der Waals surface area contributed by atoms with Gasteiger partial charge in [0.15, 0.2) is 11.5 Å².